The van der Waals surface area contributed by atoms with E-state index in [0.717, 1.165) is 5.56 Å². The molecule has 0 radical (unpaired) electrons. The second-order valence-electron chi connectivity index (χ2n) is 4.31. The molecule has 1 amide bonds. The largest absolute Gasteiger partial charge is 0.478 e. The number of rotatable bonds is 4. The van der Waals surface area contributed by atoms with Crippen LogP contribution in [0.25, 0.3) is 0 Å². The molecule has 102 valence electrons. The molecule has 1 aromatic carbocycles. The van der Waals surface area contributed by atoms with Gasteiger partial charge in [-0.1, -0.05) is 30.3 Å². The number of benzene rings is 1. The van der Waals surface area contributed by atoms with Crippen LogP contribution in [0.2, 0.25) is 0 Å². The molecule has 1 aromatic heterocycles. The molecule has 0 fully saturated rings. The first-order valence-corrected chi connectivity index (χ1v) is 6.13. The van der Waals surface area contributed by atoms with E-state index in [9.17, 15) is 9.59 Å². The Morgan fingerprint density at radius 1 is 1.15 bits per heavy atom. The summed E-state index contributed by atoms with van der Waals surface area (Å²) in [6, 6.07) is 12.0. The van der Waals surface area contributed by atoms with Gasteiger partial charge in [0.2, 0.25) is 0 Å². The summed E-state index contributed by atoms with van der Waals surface area (Å²) in [6.07, 6.45) is 1.40. The Labute approximate surface area is 116 Å². The lowest BCUT2D eigenvalue weighted by atomic mass is 10.1. The number of amides is 1. The highest BCUT2D eigenvalue weighted by molar-refractivity contribution is 6.03. The van der Waals surface area contributed by atoms with Crippen molar-refractivity contribution in [2.45, 2.75) is 13.0 Å². The van der Waals surface area contributed by atoms with Crippen LogP contribution in [0, 0.1) is 0 Å². The van der Waals surface area contributed by atoms with Gasteiger partial charge in [0.1, 0.15) is 5.69 Å². The van der Waals surface area contributed by atoms with E-state index >= 15 is 0 Å². The van der Waals surface area contributed by atoms with Crippen molar-refractivity contribution in [3.63, 3.8) is 0 Å². The molecule has 0 bridgehead atoms. The van der Waals surface area contributed by atoms with Gasteiger partial charge in [-0.3, -0.25) is 9.78 Å². The van der Waals surface area contributed by atoms with Crippen molar-refractivity contribution in [2.75, 3.05) is 0 Å². The number of nitrogens with zero attached hydrogens (tertiary/aromatic N) is 1. The third-order valence-corrected chi connectivity index (χ3v) is 2.90. The monoisotopic (exact) mass is 270 g/mol. The molecule has 0 saturated carbocycles. The van der Waals surface area contributed by atoms with Gasteiger partial charge in [-0.05, 0) is 24.6 Å². The lowest BCUT2D eigenvalue weighted by Gasteiger charge is -2.14. The second-order valence-corrected chi connectivity index (χ2v) is 4.31. The summed E-state index contributed by atoms with van der Waals surface area (Å²) < 4.78 is 0. The fourth-order valence-corrected chi connectivity index (χ4v) is 1.85. The van der Waals surface area contributed by atoms with Crippen molar-refractivity contribution >= 4 is 11.9 Å². The lowest BCUT2D eigenvalue weighted by molar-refractivity contribution is 0.0689. The molecule has 2 N–H and O–H groups in total. The van der Waals surface area contributed by atoms with Crippen LogP contribution >= 0.6 is 0 Å². The minimum absolute atomic E-state index is 0.0808. The van der Waals surface area contributed by atoms with Gasteiger partial charge >= 0.3 is 5.97 Å². The number of carboxylic acids is 1. The van der Waals surface area contributed by atoms with Gasteiger partial charge in [0.25, 0.3) is 5.91 Å². The van der Waals surface area contributed by atoms with Crippen LogP contribution in [0.3, 0.4) is 0 Å². The van der Waals surface area contributed by atoms with Crippen LogP contribution in [0.5, 0.6) is 0 Å². The predicted octanol–water partition coefficient (Wildman–Crippen LogP) is 2.27. The maximum Gasteiger partial charge on any atom is 0.338 e. The Morgan fingerprint density at radius 2 is 1.85 bits per heavy atom. The van der Waals surface area contributed by atoms with Crippen molar-refractivity contribution in [1.29, 1.82) is 0 Å². The molecule has 0 saturated heterocycles. The Morgan fingerprint density at radius 3 is 2.50 bits per heavy atom. The number of carbonyl (C=O) groups excluding carboxylic acids is 1. The number of carboxylic acid groups (broad SMARTS) is 1. The molecule has 1 unspecified atom stereocenters. The SMILES string of the molecule is CC(NC(=O)c1ncccc1C(=O)O)c1ccccc1. The number of nitrogens with one attached hydrogen (secondary N) is 1. The molecule has 2 aromatic rings. The lowest BCUT2D eigenvalue weighted by Crippen LogP contribution is -2.29. The van der Waals surface area contributed by atoms with Crippen LogP contribution in [0.15, 0.2) is 48.7 Å². The number of carbonyl (C=O) groups is 2. The Balaban J connectivity index is 2.19. The highest BCUT2D eigenvalue weighted by Crippen LogP contribution is 2.13. The van der Waals surface area contributed by atoms with Crippen LogP contribution < -0.4 is 5.32 Å². The number of hydrogen-bond acceptors (Lipinski definition) is 3. The van der Waals surface area contributed by atoms with Gasteiger partial charge in [0.15, 0.2) is 0 Å². The van der Waals surface area contributed by atoms with Crippen molar-refractivity contribution in [1.82, 2.24) is 10.3 Å². The van der Waals surface area contributed by atoms with Crippen molar-refractivity contribution in [3.8, 4) is 0 Å². The van der Waals surface area contributed by atoms with Crippen LogP contribution in [0.1, 0.15) is 39.4 Å². The summed E-state index contributed by atoms with van der Waals surface area (Å²) in [5.41, 5.74) is 0.752. The van der Waals surface area contributed by atoms with E-state index in [1.165, 1.54) is 18.3 Å². The number of aromatic nitrogens is 1. The van der Waals surface area contributed by atoms with E-state index in [4.69, 9.17) is 5.11 Å². The summed E-state index contributed by atoms with van der Waals surface area (Å²) in [5.74, 6) is -1.67. The van der Waals surface area contributed by atoms with Crippen molar-refractivity contribution in [3.05, 3.63) is 65.5 Å². The van der Waals surface area contributed by atoms with E-state index in [-0.39, 0.29) is 17.3 Å². The number of aromatic carboxylic acids is 1. The smallest absolute Gasteiger partial charge is 0.338 e. The molecule has 0 aliphatic carbocycles. The molecular weight excluding hydrogens is 256 g/mol. The Hall–Kier alpha value is -2.69. The predicted molar refractivity (Wildman–Crippen MR) is 73.5 cm³/mol. The summed E-state index contributed by atoms with van der Waals surface area (Å²) in [6.45, 7) is 1.83. The molecule has 1 atom stereocenters. The molecule has 0 spiro atoms. The molecule has 5 heteroatoms. The van der Waals surface area contributed by atoms with E-state index < -0.39 is 11.9 Å². The standard InChI is InChI=1S/C15H14N2O3/c1-10(11-6-3-2-4-7-11)17-14(18)13-12(15(19)20)8-5-9-16-13/h2-10H,1H3,(H,17,18)(H,19,20). The Bertz CT molecular complexity index is 626. The topological polar surface area (TPSA) is 79.3 Å². The van der Waals surface area contributed by atoms with Gasteiger partial charge in [-0.2, -0.15) is 0 Å². The van der Waals surface area contributed by atoms with Crippen molar-refractivity contribution in [2.24, 2.45) is 0 Å². The molecule has 0 aliphatic heterocycles. The van der Waals surface area contributed by atoms with Crippen molar-refractivity contribution < 1.29 is 14.7 Å². The fraction of sp³-hybridized carbons (Fsp3) is 0.133. The average Bonchev–Trinajstić information content (AvgIpc) is 2.48. The van der Waals surface area contributed by atoms with Gasteiger partial charge in [-0.25, -0.2) is 4.79 Å². The Kier molecular flexibility index (Phi) is 4.10. The number of pyridine rings is 1. The van der Waals surface area contributed by atoms with Gasteiger partial charge in [-0.15, -0.1) is 0 Å². The average molecular weight is 270 g/mol. The quantitative estimate of drug-likeness (QED) is 0.893. The third-order valence-electron chi connectivity index (χ3n) is 2.90. The van der Waals surface area contributed by atoms with Gasteiger partial charge in [0, 0.05) is 6.20 Å². The molecular formula is C15H14N2O3. The number of hydrogen-bond donors (Lipinski definition) is 2. The minimum atomic E-state index is -1.17. The zero-order valence-electron chi connectivity index (χ0n) is 10.9. The van der Waals surface area contributed by atoms with E-state index in [1.807, 2.05) is 37.3 Å². The second kappa shape index (κ2) is 5.97. The molecule has 1 heterocycles. The highest BCUT2D eigenvalue weighted by Gasteiger charge is 2.19. The third kappa shape index (κ3) is 3.00. The molecule has 5 nitrogen and oxygen atoms in total. The summed E-state index contributed by atoms with van der Waals surface area (Å²) in [4.78, 5) is 27.0. The first-order chi connectivity index (χ1) is 9.59. The van der Waals surface area contributed by atoms with Crippen LogP contribution in [0.4, 0.5) is 0 Å². The van der Waals surface area contributed by atoms with E-state index in [1.54, 1.807) is 0 Å². The first-order valence-electron chi connectivity index (χ1n) is 6.13. The van der Waals surface area contributed by atoms with Crippen LogP contribution in [-0.4, -0.2) is 22.0 Å². The molecule has 20 heavy (non-hydrogen) atoms. The zero-order chi connectivity index (χ0) is 14.5. The van der Waals surface area contributed by atoms with Crippen LogP contribution in [-0.2, 0) is 0 Å². The summed E-state index contributed by atoms with van der Waals surface area (Å²) >= 11 is 0. The molecule has 2 rings (SSSR count). The maximum atomic E-state index is 12.1. The highest BCUT2D eigenvalue weighted by atomic mass is 16.4. The first kappa shape index (κ1) is 13.7. The van der Waals surface area contributed by atoms with Gasteiger partial charge < -0.3 is 10.4 Å². The minimum Gasteiger partial charge on any atom is -0.478 e. The zero-order valence-corrected chi connectivity index (χ0v) is 10.9. The maximum absolute atomic E-state index is 12.1. The fourth-order valence-electron chi connectivity index (χ4n) is 1.85. The van der Waals surface area contributed by atoms with E-state index in [0.29, 0.717) is 0 Å². The molecule has 0 aliphatic rings. The van der Waals surface area contributed by atoms with E-state index in [2.05, 4.69) is 10.3 Å². The summed E-state index contributed by atoms with van der Waals surface area (Å²) in [5, 5.41) is 11.8. The normalized spacial score (nSPS) is 11.7. The van der Waals surface area contributed by atoms with Gasteiger partial charge in [0.05, 0.1) is 11.6 Å². The summed E-state index contributed by atoms with van der Waals surface area (Å²) in [7, 11) is 0.